The number of aliphatic hydroxyl groups excluding tert-OH is 3. The van der Waals surface area contributed by atoms with Gasteiger partial charge in [-0.1, -0.05) is 261 Å². The van der Waals surface area contributed by atoms with Gasteiger partial charge in [-0.05, 0) is 186 Å². The predicted molar refractivity (Wildman–Crippen MR) is 496 cm³/mol. The quantitative estimate of drug-likeness (QED) is 0.0198. The number of carbonyl (C=O) groups excluding carboxylic acids is 2. The van der Waals surface area contributed by atoms with Gasteiger partial charge < -0.3 is 66.1 Å². The van der Waals surface area contributed by atoms with Crippen LogP contribution < -0.4 is 15.4 Å². The molecule has 0 radical (unpaired) electrons. The first-order chi connectivity index (χ1) is 56.4. The number of carbonyl (C=O) groups is 4. The molecule has 0 aromatic heterocycles. The Morgan fingerprint density at radius 3 is 1.12 bits per heavy atom. The molecular formula is C102H135ClN4O14. The summed E-state index contributed by atoms with van der Waals surface area (Å²) in [4.78, 5) is 45.3. The van der Waals surface area contributed by atoms with Gasteiger partial charge in [0.25, 0.3) is 0 Å². The number of rotatable bonds is 24. The van der Waals surface area contributed by atoms with Crippen LogP contribution in [0, 0.1) is 34.6 Å². The van der Waals surface area contributed by atoms with Gasteiger partial charge in [0.05, 0.1) is 0 Å². The van der Waals surface area contributed by atoms with Crippen LogP contribution in [-0.4, -0.2) is 162 Å². The summed E-state index contributed by atoms with van der Waals surface area (Å²) in [5.41, 5.74) is 15.8. The van der Waals surface area contributed by atoms with Gasteiger partial charge in [0, 0.05) is 109 Å². The number of aldehydes is 2. The molecule has 0 spiro atoms. The highest BCUT2D eigenvalue weighted by Gasteiger charge is 2.31. The lowest BCUT2D eigenvalue weighted by Crippen LogP contribution is -2.39. The molecule has 19 heteroatoms. The fourth-order valence-electron chi connectivity index (χ4n) is 13.9. The number of aryl methyl sites for hydroxylation is 5. The van der Waals surface area contributed by atoms with Gasteiger partial charge in [-0.2, -0.15) is 0 Å². The zero-order valence-electron chi connectivity index (χ0n) is 71.3. The number of phenolic OH excluding ortho intramolecular Hbond substituents is 4. The Bertz CT molecular complexity index is 4370. The Balaban J connectivity index is 0.000000483. The number of carboxylic acids is 2. The van der Waals surface area contributed by atoms with E-state index in [1.165, 1.54) is 50.6 Å². The Morgan fingerprint density at radius 1 is 0.446 bits per heavy atom. The molecule has 2 heterocycles. The number of hydrogen-bond acceptors (Lipinski definition) is 16. The number of ether oxygens (including phenoxy) is 1. The van der Waals surface area contributed by atoms with Crippen LogP contribution in [0.25, 0.3) is 6.08 Å². The van der Waals surface area contributed by atoms with Crippen LogP contribution in [0.5, 0.6) is 28.7 Å². The lowest BCUT2D eigenvalue weighted by atomic mass is 9.85. The van der Waals surface area contributed by atoms with E-state index in [9.17, 15) is 39.6 Å². The Kier molecular flexibility index (Phi) is 50.5. The van der Waals surface area contributed by atoms with Crippen molar-refractivity contribution in [1.29, 1.82) is 0 Å². The molecule has 18 nitrogen and oxygen atoms in total. The smallest absolute Gasteiger partial charge is 0.335 e. The van der Waals surface area contributed by atoms with Crippen molar-refractivity contribution in [1.82, 2.24) is 20.4 Å². The summed E-state index contributed by atoms with van der Waals surface area (Å²) in [6, 6.07) is 83.5. The molecule has 7 atom stereocenters. The first-order valence-corrected chi connectivity index (χ1v) is 40.6. The number of fused-ring (bicyclic) bond motifs is 1. The number of halogens is 1. The van der Waals surface area contributed by atoms with E-state index in [4.69, 9.17) is 30.3 Å². The largest absolute Gasteiger partial charge is 0.508 e. The van der Waals surface area contributed by atoms with Gasteiger partial charge in [0.2, 0.25) is 0 Å². The van der Waals surface area contributed by atoms with Crippen molar-refractivity contribution in [3.05, 3.63) is 333 Å². The summed E-state index contributed by atoms with van der Waals surface area (Å²) in [7, 11) is 0. The van der Waals surface area contributed by atoms with Crippen molar-refractivity contribution in [2.75, 3.05) is 39.3 Å². The maximum Gasteiger partial charge on any atom is 0.335 e. The Hall–Kier alpha value is -10.8. The van der Waals surface area contributed by atoms with E-state index < -0.39 is 30.4 Å². The summed E-state index contributed by atoms with van der Waals surface area (Å²) >= 11 is 0. The van der Waals surface area contributed by atoms with Crippen LogP contribution in [0.4, 0.5) is 0 Å². The van der Waals surface area contributed by atoms with E-state index in [0.717, 1.165) is 104 Å². The molecule has 1 fully saturated rings. The maximum atomic E-state index is 10.9. The number of nitrogens with one attached hydrogen (secondary N) is 2. The zero-order chi connectivity index (χ0) is 86.6. The number of nitrogens with zero attached hydrogens (tertiary/aromatic N) is 2. The van der Waals surface area contributed by atoms with Crippen LogP contribution in [0.1, 0.15) is 197 Å². The number of allylic oxidation sites excluding steroid dienone is 1. The van der Waals surface area contributed by atoms with Crippen molar-refractivity contribution in [2.45, 2.75) is 197 Å². The molecule has 2 aliphatic heterocycles. The highest BCUT2D eigenvalue weighted by Crippen LogP contribution is 2.41. The van der Waals surface area contributed by atoms with Crippen molar-refractivity contribution >= 4 is 43.0 Å². The second kappa shape index (κ2) is 57.5. The fourth-order valence-corrected chi connectivity index (χ4v) is 13.9. The van der Waals surface area contributed by atoms with Crippen molar-refractivity contribution < 1.29 is 69.9 Å². The first-order valence-electron chi connectivity index (χ1n) is 40.6. The van der Waals surface area contributed by atoms with Crippen molar-refractivity contribution in [3.63, 3.8) is 0 Å². The number of phenols is 4. The average molecular weight is 1680 g/mol. The minimum absolute atomic E-state index is 0. The van der Waals surface area contributed by atoms with Gasteiger partial charge in [0.1, 0.15) is 41.3 Å². The van der Waals surface area contributed by atoms with Crippen LogP contribution in [0.3, 0.4) is 0 Å². The number of aliphatic carboxylic acids is 2. The van der Waals surface area contributed by atoms with Crippen LogP contribution >= 0.6 is 12.4 Å². The number of piperazine rings is 1. The summed E-state index contributed by atoms with van der Waals surface area (Å²) in [5, 5.41) is 88.4. The molecule has 0 bridgehead atoms. The third-order valence-corrected chi connectivity index (χ3v) is 20.0. The average Bonchev–Trinajstić information content (AvgIpc) is 0.791. The highest BCUT2D eigenvalue weighted by atomic mass is 35.5. The molecule has 0 saturated carbocycles. The third-order valence-electron chi connectivity index (χ3n) is 20.0. The lowest BCUT2D eigenvalue weighted by Gasteiger charge is -2.32. The third kappa shape index (κ3) is 37.8. The van der Waals surface area contributed by atoms with E-state index >= 15 is 0 Å². The number of aliphatic hydroxyl groups is 3. The first kappa shape index (κ1) is 106. The van der Waals surface area contributed by atoms with Gasteiger partial charge in [0.15, 0.2) is 18.5 Å². The molecular weight excluding hydrogens is 1540 g/mol. The number of hydrogen-bond donors (Lipinski definition) is 11. The fraction of sp³-hybridized carbons (Fsp3) is 0.353. The van der Waals surface area contributed by atoms with Crippen LogP contribution in [-0.2, 0) is 19.2 Å². The summed E-state index contributed by atoms with van der Waals surface area (Å²) < 4.78 is 5.49. The highest BCUT2D eigenvalue weighted by molar-refractivity contribution is 5.85. The lowest BCUT2D eigenvalue weighted by molar-refractivity contribution is -0.165. The molecule has 10 aromatic carbocycles. The van der Waals surface area contributed by atoms with Gasteiger partial charge >= 0.3 is 11.9 Å². The molecule has 12 rings (SSSR count). The van der Waals surface area contributed by atoms with Crippen molar-refractivity contribution in [3.8, 4) is 28.7 Å². The normalized spacial score (nSPS) is 14.2. The summed E-state index contributed by atoms with van der Waals surface area (Å²) in [6.45, 7) is 34.8. The number of carboxylic acid groups (broad SMARTS) is 2. The van der Waals surface area contributed by atoms with Crippen LogP contribution in [0.15, 0.2) is 255 Å². The topological polar surface area (TPSA) is 290 Å². The molecule has 0 aliphatic carbocycles. The van der Waals surface area contributed by atoms with E-state index in [1.807, 2.05) is 166 Å². The van der Waals surface area contributed by atoms with Crippen LogP contribution in [0.2, 0.25) is 0 Å². The summed E-state index contributed by atoms with van der Waals surface area (Å²) in [6.07, 6.45) is 2.66. The molecule has 10 aromatic rings. The zero-order valence-corrected chi connectivity index (χ0v) is 72.1. The minimum Gasteiger partial charge on any atom is -0.508 e. The second-order valence-corrected chi connectivity index (χ2v) is 30.5. The minimum atomic E-state index is -2.27. The predicted octanol–water partition coefficient (Wildman–Crippen LogP) is 19.7. The maximum absolute atomic E-state index is 10.9. The molecule has 0 amide bonds. The number of benzene rings is 10. The van der Waals surface area contributed by atoms with E-state index in [-0.39, 0.29) is 56.7 Å². The molecule has 121 heavy (non-hydrogen) atoms. The van der Waals surface area contributed by atoms with Gasteiger partial charge in [-0.25, -0.2) is 9.59 Å². The standard InChI is InChI=1S/2C22H31NO.2C16H16O2.C9H8O.C7H8O.C4H10N2.C4H6O6.2CH4.ClH/c2*1-16(2)23(17(3)4)14-13-20(19-9-7-6-8-10-19)21-15-18(5)11-12-22(21)24;1-11-7-8-15-14(9-11)13(10-16(17)18-15)12-5-3-2-4-6-12;1-12-7-8-16(18)15(11-12)14(9-10-17)13-5-3-2-4-6-13;10-8-4-7-9-5-2-1-3-6-9;1-6-2-4-7(8)5-3-6;1-2-6-4-3-5-1;5-1(3(7)8)2(6)4(9)10;;;/h2*6-12,15-17,20,24H,13-14H2,1-5H3;2-9,13,16-17H,10H2,1H3;2-8,10-11,14,18H,9H2,1H3;1-8H;2-5,8H,1H3;5-6H,1-4H2;1-2,5-6H,(H,7,8)(H,9,10);2*1H4;1H/b;;;;7-4+;;;;;;/t20-;;;;;;;;;;/m1........../s1. The Labute approximate surface area is 726 Å². The molecule has 6 unspecified atom stereocenters. The second-order valence-electron chi connectivity index (χ2n) is 30.5. The van der Waals surface area contributed by atoms with Crippen molar-refractivity contribution in [2.24, 2.45) is 0 Å². The number of aromatic hydroxyl groups is 4. The van der Waals surface area contributed by atoms with Gasteiger partial charge in [-0.15, -0.1) is 12.4 Å². The van der Waals surface area contributed by atoms with E-state index in [1.54, 1.807) is 24.3 Å². The van der Waals surface area contributed by atoms with E-state index in [0.29, 0.717) is 54.3 Å². The SMILES string of the molecule is C.C.C1CNCCN1.Cc1ccc(O)c(C(CC=O)c2ccccc2)c1.Cc1ccc(O)c(C(CCN(C(C)C)C(C)C)c2ccccc2)c1.Cc1ccc(O)c([C@H](CCN(C(C)C)C(C)C)c2ccccc2)c1.Cc1ccc(O)cc1.Cc1ccc2c(c1)C(c1ccccc1)CC(O)O2.Cl.O=C(O)C(O)C(O)C(=O)O.O=C/C=C/c1ccccc1. The molecule has 2 aliphatic rings. The summed E-state index contributed by atoms with van der Waals surface area (Å²) in [5.74, 6) is -0.805. The Morgan fingerprint density at radius 2 is 0.777 bits per heavy atom. The molecule has 654 valence electrons. The molecule has 1 saturated heterocycles. The monoisotopic (exact) mass is 1670 g/mol. The molecule has 11 N–H and O–H groups in total. The van der Waals surface area contributed by atoms with E-state index in [2.05, 4.69) is 175 Å². The van der Waals surface area contributed by atoms with Gasteiger partial charge in [-0.3, -0.25) is 14.6 Å².